The first kappa shape index (κ1) is 16.0. The van der Waals surface area contributed by atoms with Crippen LogP contribution in [-0.4, -0.2) is 52.7 Å². The van der Waals surface area contributed by atoms with Gasteiger partial charge in [-0.05, 0) is 12.1 Å². The van der Waals surface area contributed by atoms with Crippen molar-refractivity contribution in [2.45, 2.75) is 12.2 Å². The van der Waals surface area contributed by atoms with Crippen LogP contribution in [0.2, 0.25) is 0 Å². The van der Waals surface area contributed by atoms with Gasteiger partial charge in [0.2, 0.25) is 5.91 Å². The monoisotopic (exact) mass is 332 g/mol. The molecule has 122 valence electrons. The van der Waals surface area contributed by atoms with Crippen molar-refractivity contribution < 1.29 is 4.79 Å². The summed E-state index contributed by atoms with van der Waals surface area (Å²) in [4.78, 5) is 33.2. The lowest BCUT2D eigenvalue weighted by molar-refractivity contribution is -0.131. The summed E-state index contributed by atoms with van der Waals surface area (Å²) in [6.45, 7) is 3.34. The first-order valence-electron chi connectivity index (χ1n) is 7.78. The molecule has 6 nitrogen and oxygen atoms in total. The van der Waals surface area contributed by atoms with Crippen LogP contribution in [0.15, 0.2) is 29.1 Å². The number of nitrogens with zero attached hydrogens (tertiary/aromatic N) is 2. The molecule has 2 aromatic rings. The molecular weight excluding hydrogens is 312 g/mol. The summed E-state index contributed by atoms with van der Waals surface area (Å²) in [6.07, 6.45) is 0.530. The summed E-state index contributed by atoms with van der Waals surface area (Å²) in [6, 6.07) is 7.31. The van der Waals surface area contributed by atoms with Crippen LogP contribution in [0.25, 0.3) is 10.9 Å². The van der Waals surface area contributed by atoms with Gasteiger partial charge in [-0.15, -0.1) is 0 Å². The number of carbonyl (C=O) groups is 1. The lowest BCUT2D eigenvalue weighted by atomic mass is 10.2. The van der Waals surface area contributed by atoms with Gasteiger partial charge in [0.1, 0.15) is 5.82 Å². The number of rotatable bonds is 5. The molecule has 23 heavy (non-hydrogen) atoms. The Hall–Kier alpha value is -1.86. The number of amides is 1. The number of piperazine rings is 1. The Morgan fingerprint density at radius 1 is 1.26 bits per heavy atom. The molecule has 0 spiro atoms. The Labute approximate surface area is 138 Å². The summed E-state index contributed by atoms with van der Waals surface area (Å²) in [5.41, 5.74) is 0.604. The van der Waals surface area contributed by atoms with Crippen molar-refractivity contribution in [2.75, 3.05) is 31.9 Å². The van der Waals surface area contributed by atoms with Crippen molar-refractivity contribution in [3.63, 3.8) is 0 Å². The number of thioether (sulfide) groups is 1. The zero-order valence-corrected chi connectivity index (χ0v) is 13.7. The second kappa shape index (κ2) is 7.61. The van der Waals surface area contributed by atoms with Gasteiger partial charge in [-0.1, -0.05) is 12.1 Å². The minimum absolute atomic E-state index is 0.108. The first-order chi connectivity index (χ1) is 11.2. The Morgan fingerprint density at radius 2 is 2.04 bits per heavy atom. The van der Waals surface area contributed by atoms with Gasteiger partial charge in [0, 0.05) is 38.4 Å². The van der Waals surface area contributed by atoms with Gasteiger partial charge >= 0.3 is 0 Å². The minimum atomic E-state index is -0.108. The molecule has 2 N–H and O–H groups in total. The Kier molecular flexibility index (Phi) is 5.30. The van der Waals surface area contributed by atoms with Crippen molar-refractivity contribution in [3.05, 3.63) is 40.4 Å². The standard InChI is InChI=1S/C16H20N4O2S/c21-15(20-8-6-17-7-9-20)5-10-23-11-14-18-13-4-2-1-3-12(13)16(22)19-14/h1-4,17H,5-11H2,(H,18,19,22). The molecule has 1 saturated heterocycles. The fraction of sp³-hybridized carbons (Fsp3) is 0.438. The highest BCUT2D eigenvalue weighted by Gasteiger charge is 2.15. The van der Waals surface area contributed by atoms with E-state index in [-0.39, 0.29) is 11.5 Å². The van der Waals surface area contributed by atoms with Gasteiger partial charge in [0.25, 0.3) is 5.56 Å². The highest BCUT2D eigenvalue weighted by atomic mass is 32.2. The number of para-hydroxylation sites is 1. The van der Waals surface area contributed by atoms with Gasteiger partial charge in [-0.25, -0.2) is 4.98 Å². The first-order valence-corrected chi connectivity index (χ1v) is 8.94. The number of H-pyrrole nitrogens is 1. The van der Waals surface area contributed by atoms with Crippen LogP contribution >= 0.6 is 11.8 Å². The van der Waals surface area contributed by atoms with E-state index < -0.39 is 0 Å². The summed E-state index contributed by atoms with van der Waals surface area (Å²) in [5.74, 6) is 2.21. The molecule has 0 unspecified atom stereocenters. The summed E-state index contributed by atoms with van der Waals surface area (Å²) in [7, 11) is 0. The highest BCUT2D eigenvalue weighted by Crippen LogP contribution is 2.12. The average Bonchev–Trinajstić information content (AvgIpc) is 2.59. The molecule has 1 amide bonds. The van der Waals surface area contributed by atoms with Crippen molar-refractivity contribution in [2.24, 2.45) is 0 Å². The maximum atomic E-state index is 12.0. The molecule has 1 aromatic heterocycles. The molecule has 1 aromatic carbocycles. The number of hydrogen-bond donors (Lipinski definition) is 2. The summed E-state index contributed by atoms with van der Waals surface area (Å²) in [5, 5.41) is 3.84. The molecule has 1 fully saturated rings. The lowest BCUT2D eigenvalue weighted by Gasteiger charge is -2.27. The predicted octanol–water partition coefficient (Wildman–Crippen LogP) is 0.978. The van der Waals surface area contributed by atoms with Gasteiger partial charge in [-0.3, -0.25) is 9.59 Å². The van der Waals surface area contributed by atoms with Crippen LogP contribution in [0.3, 0.4) is 0 Å². The molecule has 0 saturated carbocycles. The largest absolute Gasteiger partial charge is 0.340 e. The predicted molar refractivity (Wildman–Crippen MR) is 92.6 cm³/mol. The molecule has 0 radical (unpaired) electrons. The second-order valence-electron chi connectivity index (χ2n) is 5.46. The fourth-order valence-corrected chi connectivity index (χ4v) is 3.40. The average molecular weight is 332 g/mol. The summed E-state index contributed by atoms with van der Waals surface area (Å²) >= 11 is 1.62. The van der Waals surface area contributed by atoms with Gasteiger partial charge < -0.3 is 15.2 Å². The Bertz CT molecular complexity index is 740. The number of aromatic nitrogens is 2. The number of hydrogen-bond acceptors (Lipinski definition) is 5. The number of fused-ring (bicyclic) bond motifs is 1. The van der Waals surface area contributed by atoms with E-state index in [0.717, 1.165) is 31.9 Å². The molecule has 2 heterocycles. The number of carbonyl (C=O) groups excluding carboxylic acids is 1. The normalized spacial score (nSPS) is 15.0. The van der Waals surface area contributed by atoms with Crippen LogP contribution in [0, 0.1) is 0 Å². The molecule has 1 aliphatic heterocycles. The topological polar surface area (TPSA) is 78.1 Å². The Morgan fingerprint density at radius 3 is 2.87 bits per heavy atom. The van der Waals surface area contributed by atoms with E-state index in [4.69, 9.17) is 0 Å². The third-order valence-electron chi connectivity index (χ3n) is 3.83. The maximum Gasteiger partial charge on any atom is 0.258 e. The molecule has 0 atom stereocenters. The number of aromatic amines is 1. The van der Waals surface area contributed by atoms with E-state index in [9.17, 15) is 9.59 Å². The van der Waals surface area contributed by atoms with Crippen LogP contribution in [0.5, 0.6) is 0 Å². The Balaban J connectivity index is 1.51. The summed E-state index contributed by atoms with van der Waals surface area (Å²) < 4.78 is 0. The van der Waals surface area contributed by atoms with E-state index in [1.807, 2.05) is 23.1 Å². The number of benzene rings is 1. The molecule has 3 rings (SSSR count). The highest BCUT2D eigenvalue weighted by molar-refractivity contribution is 7.98. The molecular formula is C16H20N4O2S. The van der Waals surface area contributed by atoms with Crippen LogP contribution in [-0.2, 0) is 10.5 Å². The van der Waals surface area contributed by atoms with Crippen molar-refractivity contribution in [3.8, 4) is 0 Å². The smallest absolute Gasteiger partial charge is 0.258 e. The third-order valence-corrected chi connectivity index (χ3v) is 4.80. The maximum absolute atomic E-state index is 12.0. The van der Waals surface area contributed by atoms with Gasteiger partial charge in [0.05, 0.1) is 16.7 Å². The van der Waals surface area contributed by atoms with E-state index in [1.165, 1.54) is 0 Å². The van der Waals surface area contributed by atoms with Gasteiger partial charge in [-0.2, -0.15) is 11.8 Å². The number of nitrogens with one attached hydrogen (secondary N) is 2. The SMILES string of the molecule is O=C(CCSCc1nc2ccccc2c(=O)[nH]1)N1CCNCC1. The second-order valence-corrected chi connectivity index (χ2v) is 6.57. The zero-order chi connectivity index (χ0) is 16.1. The fourth-order valence-electron chi connectivity index (χ4n) is 2.60. The zero-order valence-electron chi connectivity index (χ0n) is 12.9. The van der Waals surface area contributed by atoms with Crippen LogP contribution in [0.1, 0.15) is 12.2 Å². The minimum Gasteiger partial charge on any atom is -0.340 e. The van der Waals surface area contributed by atoms with Crippen molar-refractivity contribution in [1.82, 2.24) is 20.2 Å². The quantitative estimate of drug-likeness (QED) is 0.798. The molecule has 7 heteroatoms. The van der Waals surface area contributed by atoms with E-state index in [1.54, 1.807) is 17.8 Å². The van der Waals surface area contributed by atoms with E-state index >= 15 is 0 Å². The third kappa shape index (κ3) is 4.11. The molecule has 1 aliphatic rings. The van der Waals surface area contributed by atoms with Crippen LogP contribution < -0.4 is 10.9 Å². The van der Waals surface area contributed by atoms with E-state index in [2.05, 4.69) is 15.3 Å². The molecule has 0 aliphatic carbocycles. The molecule has 0 bridgehead atoms. The van der Waals surface area contributed by atoms with Crippen molar-refractivity contribution >= 4 is 28.6 Å². The lowest BCUT2D eigenvalue weighted by Crippen LogP contribution is -2.46. The van der Waals surface area contributed by atoms with Crippen molar-refractivity contribution in [1.29, 1.82) is 0 Å². The van der Waals surface area contributed by atoms with Crippen LogP contribution in [0.4, 0.5) is 0 Å². The van der Waals surface area contributed by atoms with Gasteiger partial charge in [0.15, 0.2) is 0 Å². The van der Waals surface area contributed by atoms with E-state index in [0.29, 0.717) is 28.9 Å².